The van der Waals surface area contributed by atoms with Gasteiger partial charge in [-0.25, -0.2) is 8.42 Å². The summed E-state index contributed by atoms with van der Waals surface area (Å²) in [6, 6.07) is 19.2. The molecule has 1 fully saturated rings. The lowest BCUT2D eigenvalue weighted by Crippen LogP contribution is -2.24. The number of carbonyl (C=O) groups excluding carboxylic acids is 1. The molecule has 2 heterocycles. The summed E-state index contributed by atoms with van der Waals surface area (Å²) in [5.41, 5.74) is 8.07. The van der Waals surface area contributed by atoms with Gasteiger partial charge in [0.25, 0.3) is 10.0 Å². The lowest BCUT2D eigenvalue weighted by molar-refractivity contribution is -0.117. The maximum atomic E-state index is 13.0. The van der Waals surface area contributed by atoms with E-state index in [1.165, 1.54) is 0 Å². The predicted molar refractivity (Wildman–Crippen MR) is 137 cm³/mol. The number of hydrogen-bond donors (Lipinski definition) is 1. The van der Waals surface area contributed by atoms with Gasteiger partial charge in [0.15, 0.2) is 5.82 Å². The molecule has 2 N–H and O–H groups in total. The molecule has 0 saturated carbocycles. The fourth-order valence-electron chi connectivity index (χ4n) is 4.39. The van der Waals surface area contributed by atoms with Gasteiger partial charge in [0.1, 0.15) is 17.6 Å². The number of carbonyl (C=O) groups is 1. The number of halogens is 1. The van der Waals surface area contributed by atoms with Gasteiger partial charge in [-0.1, -0.05) is 29.8 Å². The molecule has 0 radical (unpaired) electrons. The van der Waals surface area contributed by atoms with Gasteiger partial charge in [-0.05, 0) is 42.5 Å². The third kappa shape index (κ3) is 4.23. The Bertz CT molecular complexity index is 1680. The van der Waals surface area contributed by atoms with Crippen molar-refractivity contribution in [2.75, 3.05) is 23.4 Å². The highest BCUT2D eigenvalue weighted by atomic mass is 35.5. The standard InChI is InChI=1S/C25H20ClN5O4S/c1-36(33,34)31-21-9-7-18(12-20(21)25(28)29-31)30-14-16(10-24(30)32)19-8-6-17(26)11-23(19)35-22-5-3-2-4-15(22)13-27/h2-9,11-12,16H,10,14H2,1H3,(H2,28,29)/t16-/m0/s1. The molecule has 1 saturated heterocycles. The number of nitrogen functional groups attached to an aromatic ring is 1. The molecule has 36 heavy (non-hydrogen) atoms. The van der Waals surface area contributed by atoms with E-state index in [0.29, 0.717) is 45.2 Å². The number of ether oxygens (including phenoxy) is 1. The Morgan fingerprint density at radius 1 is 1.14 bits per heavy atom. The summed E-state index contributed by atoms with van der Waals surface area (Å²) in [7, 11) is -3.64. The molecular weight excluding hydrogens is 502 g/mol. The second kappa shape index (κ2) is 8.86. The maximum absolute atomic E-state index is 13.0. The van der Waals surface area contributed by atoms with E-state index in [-0.39, 0.29) is 24.1 Å². The van der Waals surface area contributed by atoms with Crippen LogP contribution in [0.15, 0.2) is 60.7 Å². The minimum atomic E-state index is -3.64. The number of nitrogens with two attached hydrogens (primary N) is 1. The van der Waals surface area contributed by atoms with Gasteiger partial charge in [-0.3, -0.25) is 4.79 Å². The Morgan fingerprint density at radius 3 is 2.67 bits per heavy atom. The number of anilines is 2. The quantitative estimate of drug-likeness (QED) is 0.415. The van der Waals surface area contributed by atoms with Crippen molar-refractivity contribution in [3.05, 3.63) is 76.8 Å². The summed E-state index contributed by atoms with van der Waals surface area (Å²) in [4.78, 5) is 14.7. The molecule has 9 nitrogen and oxygen atoms in total. The van der Waals surface area contributed by atoms with E-state index in [1.807, 2.05) is 6.07 Å². The Morgan fingerprint density at radius 2 is 1.92 bits per heavy atom. The van der Waals surface area contributed by atoms with Crippen molar-refractivity contribution >= 4 is 49.9 Å². The van der Waals surface area contributed by atoms with E-state index in [9.17, 15) is 18.5 Å². The van der Waals surface area contributed by atoms with Crippen LogP contribution in [0.4, 0.5) is 11.5 Å². The monoisotopic (exact) mass is 521 g/mol. The van der Waals surface area contributed by atoms with E-state index < -0.39 is 10.0 Å². The fourth-order valence-corrected chi connectivity index (χ4v) is 5.30. The third-order valence-corrected chi connectivity index (χ3v) is 7.20. The van der Waals surface area contributed by atoms with E-state index in [4.69, 9.17) is 22.1 Å². The van der Waals surface area contributed by atoms with E-state index in [2.05, 4.69) is 11.2 Å². The van der Waals surface area contributed by atoms with Gasteiger partial charge >= 0.3 is 0 Å². The Labute approximate surface area is 212 Å². The first-order chi connectivity index (χ1) is 17.2. The van der Waals surface area contributed by atoms with Crippen molar-refractivity contribution in [1.29, 1.82) is 5.26 Å². The summed E-state index contributed by atoms with van der Waals surface area (Å²) in [5, 5.41) is 14.3. The van der Waals surface area contributed by atoms with E-state index in [0.717, 1.165) is 15.9 Å². The number of hydrogen-bond acceptors (Lipinski definition) is 7. The van der Waals surface area contributed by atoms with Crippen LogP contribution in [0.1, 0.15) is 23.5 Å². The van der Waals surface area contributed by atoms with Gasteiger partial charge in [-0.2, -0.15) is 9.35 Å². The first kappa shape index (κ1) is 23.7. The zero-order valence-electron chi connectivity index (χ0n) is 19.1. The van der Waals surface area contributed by atoms with Crippen molar-refractivity contribution in [1.82, 2.24) is 9.19 Å². The molecule has 1 aliphatic heterocycles. The first-order valence-electron chi connectivity index (χ1n) is 10.9. The summed E-state index contributed by atoms with van der Waals surface area (Å²) < 4.78 is 31.0. The average molecular weight is 522 g/mol. The predicted octanol–water partition coefficient (Wildman–Crippen LogP) is 4.26. The SMILES string of the molecule is CS(=O)(=O)n1nc(N)c2cc(N3C[C@@H](c4ccc(Cl)cc4Oc4ccccc4C#N)CC3=O)ccc21. The maximum Gasteiger partial charge on any atom is 0.251 e. The van der Waals surface area contributed by atoms with Crippen LogP contribution in [0.25, 0.3) is 10.9 Å². The highest BCUT2D eigenvalue weighted by molar-refractivity contribution is 7.89. The van der Waals surface area contributed by atoms with Crippen LogP contribution in [0, 0.1) is 11.3 Å². The van der Waals surface area contributed by atoms with Crippen molar-refractivity contribution < 1.29 is 17.9 Å². The molecule has 3 aromatic carbocycles. The number of rotatable bonds is 5. The number of fused-ring (bicyclic) bond motifs is 1. The molecule has 0 aliphatic carbocycles. The second-order valence-corrected chi connectivity index (χ2v) is 10.7. The molecule has 11 heteroatoms. The van der Waals surface area contributed by atoms with Crippen molar-refractivity contribution in [3.63, 3.8) is 0 Å². The minimum Gasteiger partial charge on any atom is -0.456 e. The average Bonchev–Trinajstić information content (AvgIpc) is 3.39. The zero-order valence-corrected chi connectivity index (χ0v) is 20.6. The highest BCUT2D eigenvalue weighted by Gasteiger charge is 2.34. The molecule has 4 aromatic rings. The van der Waals surface area contributed by atoms with Crippen LogP contribution in [0.5, 0.6) is 11.5 Å². The molecule has 0 unspecified atom stereocenters. The van der Waals surface area contributed by atoms with Crippen LogP contribution in [0.2, 0.25) is 5.02 Å². The molecule has 1 aromatic heterocycles. The summed E-state index contributed by atoms with van der Waals surface area (Å²) in [5.74, 6) is 0.620. The highest BCUT2D eigenvalue weighted by Crippen LogP contribution is 2.40. The topological polar surface area (TPSA) is 131 Å². The second-order valence-electron chi connectivity index (χ2n) is 8.49. The van der Waals surface area contributed by atoms with Crippen molar-refractivity contribution in [2.24, 2.45) is 0 Å². The number of nitrogens with zero attached hydrogens (tertiary/aromatic N) is 4. The Hall–Kier alpha value is -4.07. The number of para-hydroxylation sites is 1. The number of benzene rings is 3. The van der Waals surface area contributed by atoms with Crippen LogP contribution >= 0.6 is 11.6 Å². The Balaban J connectivity index is 1.48. The van der Waals surface area contributed by atoms with Crippen LogP contribution in [-0.4, -0.2) is 36.3 Å². The number of amides is 1. The van der Waals surface area contributed by atoms with Gasteiger partial charge < -0.3 is 15.4 Å². The number of aromatic nitrogens is 2. The van der Waals surface area contributed by atoms with Crippen molar-refractivity contribution in [3.8, 4) is 17.6 Å². The van der Waals surface area contributed by atoms with Crippen LogP contribution < -0.4 is 15.4 Å². The first-order valence-corrected chi connectivity index (χ1v) is 13.1. The smallest absolute Gasteiger partial charge is 0.251 e. The fraction of sp³-hybridized carbons (Fsp3) is 0.160. The summed E-state index contributed by atoms with van der Waals surface area (Å²) in [6.45, 7) is 0.363. The lowest BCUT2D eigenvalue weighted by Gasteiger charge is -2.19. The molecule has 0 spiro atoms. The molecule has 182 valence electrons. The van der Waals surface area contributed by atoms with E-state index >= 15 is 0 Å². The molecule has 1 atom stereocenters. The molecular formula is C25H20ClN5O4S. The summed E-state index contributed by atoms with van der Waals surface area (Å²) in [6.07, 6.45) is 1.27. The van der Waals surface area contributed by atoms with Gasteiger partial charge in [-0.15, -0.1) is 5.10 Å². The normalized spacial score (nSPS) is 15.9. The van der Waals surface area contributed by atoms with Crippen LogP contribution in [-0.2, 0) is 14.8 Å². The van der Waals surface area contributed by atoms with Gasteiger partial charge in [0.05, 0.1) is 17.3 Å². The molecule has 0 bridgehead atoms. The van der Waals surface area contributed by atoms with Crippen molar-refractivity contribution in [2.45, 2.75) is 12.3 Å². The minimum absolute atomic E-state index is 0.0602. The van der Waals surface area contributed by atoms with Crippen LogP contribution in [0.3, 0.4) is 0 Å². The third-order valence-electron chi connectivity index (χ3n) is 6.05. The summed E-state index contributed by atoms with van der Waals surface area (Å²) >= 11 is 6.24. The lowest BCUT2D eigenvalue weighted by atomic mass is 9.97. The van der Waals surface area contributed by atoms with Gasteiger partial charge in [0.2, 0.25) is 5.91 Å². The van der Waals surface area contributed by atoms with Gasteiger partial charge in [0, 0.05) is 40.5 Å². The molecule has 1 aliphatic rings. The largest absolute Gasteiger partial charge is 0.456 e. The van der Waals surface area contributed by atoms with E-state index in [1.54, 1.807) is 59.5 Å². The Kier molecular flexibility index (Phi) is 5.82. The zero-order chi connectivity index (χ0) is 25.6. The molecule has 5 rings (SSSR count). The molecule has 1 amide bonds. The number of nitriles is 1.